The van der Waals surface area contributed by atoms with Crippen molar-refractivity contribution in [2.24, 2.45) is 5.16 Å². The quantitative estimate of drug-likeness (QED) is 0.0660. The van der Waals surface area contributed by atoms with E-state index in [1.165, 1.54) is 24.1 Å². The van der Waals surface area contributed by atoms with Crippen LogP contribution in [0.15, 0.2) is 21.8 Å². The molecule has 1 saturated heterocycles. The van der Waals surface area contributed by atoms with Gasteiger partial charge in [-0.05, 0) is 6.92 Å². The molecule has 1 aromatic rings. The van der Waals surface area contributed by atoms with E-state index in [0.717, 1.165) is 16.2 Å². The third-order valence-corrected chi connectivity index (χ3v) is 6.67. The van der Waals surface area contributed by atoms with Gasteiger partial charge in [-0.25, -0.2) is 9.78 Å². The molecule has 188 valence electrons. The topological polar surface area (TPSA) is 211 Å². The number of carbonyl (C=O) groups excluding carboxylic acids is 4. The van der Waals surface area contributed by atoms with Crippen LogP contribution >= 0.6 is 23.1 Å². The summed E-state index contributed by atoms with van der Waals surface area (Å²) < 4.78 is 4.97. The molecule has 0 unspecified atom stereocenters. The molecule has 0 bridgehead atoms. The molecule has 2 amide bonds. The van der Waals surface area contributed by atoms with Gasteiger partial charge in [0.25, 0.3) is 11.8 Å². The molecule has 3 heterocycles. The molecule has 35 heavy (non-hydrogen) atoms. The van der Waals surface area contributed by atoms with Crippen molar-refractivity contribution in [1.82, 2.24) is 15.2 Å². The first kappa shape index (κ1) is 26.1. The number of anilines is 1. The van der Waals surface area contributed by atoms with Gasteiger partial charge in [0.05, 0.1) is 6.61 Å². The van der Waals surface area contributed by atoms with Crippen molar-refractivity contribution in [3.63, 3.8) is 0 Å². The fourth-order valence-corrected chi connectivity index (χ4v) is 5.05. The Morgan fingerprint density at radius 2 is 2.11 bits per heavy atom. The smallest absolute Gasteiger partial charge is 0.352 e. The van der Waals surface area contributed by atoms with Crippen LogP contribution in [-0.4, -0.2) is 92.3 Å². The van der Waals surface area contributed by atoms with Crippen LogP contribution in [-0.2, 0) is 33.5 Å². The summed E-state index contributed by atoms with van der Waals surface area (Å²) in [7, 11) is 0. The number of aliphatic hydroxyl groups excluding tert-OH is 1. The average molecular weight is 528 g/mol. The number of β-lactam (4-membered cyclic amide) rings is 1. The zero-order chi connectivity index (χ0) is 25.7. The predicted octanol–water partition coefficient (Wildman–Crippen LogP) is -1.30. The second-order valence-electron chi connectivity index (χ2n) is 7.23. The van der Waals surface area contributed by atoms with Crippen molar-refractivity contribution in [3.8, 4) is 0 Å². The van der Waals surface area contributed by atoms with E-state index in [1.807, 2.05) is 0 Å². The summed E-state index contributed by atoms with van der Waals surface area (Å²) in [4.78, 5) is 70.1. The van der Waals surface area contributed by atoms with Gasteiger partial charge < -0.3 is 30.8 Å². The van der Waals surface area contributed by atoms with Gasteiger partial charge in [-0.1, -0.05) is 5.16 Å². The lowest BCUT2D eigenvalue weighted by Crippen LogP contribution is -2.71. The summed E-state index contributed by atoms with van der Waals surface area (Å²) in [5.41, 5.74) is 5.28. The number of carboxylic acid groups (broad SMARTS) is 1. The summed E-state index contributed by atoms with van der Waals surface area (Å²) in [6.45, 7) is 0.300. The van der Waals surface area contributed by atoms with Gasteiger partial charge in [-0.3, -0.25) is 24.1 Å². The summed E-state index contributed by atoms with van der Waals surface area (Å²) in [5, 5.41) is 25.6. The first-order valence-corrected chi connectivity index (χ1v) is 11.9. The number of carbonyl (C=O) groups is 5. The molecule has 0 radical (unpaired) electrons. The predicted molar refractivity (Wildman–Crippen MR) is 122 cm³/mol. The Hall–Kier alpha value is -3.50. The van der Waals surface area contributed by atoms with E-state index in [2.05, 4.69) is 15.5 Å². The molecule has 14 nitrogen and oxygen atoms in total. The van der Waals surface area contributed by atoms with E-state index < -0.39 is 54.0 Å². The molecule has 1 fully saturated rings. The number of nitrogens with one attached hydrogen (secondary N) is 1. The second-order valence-corrected chi connectivity index (χ2v) is 9.22. The zero-order valence-corrected chi connectivity index (χ0v) is 19.9. The number of esters is 1. The van der Waals surface area contributed by atoms with E-state index >= 15 is 0 Å². The lowest BCUT2D eigenvalue weighted by atomic mass is 10.0. The molecule has 0 saturated carbocycles. The number of thiazole rings is 1. The minimum Gasteiger partial charge on any atom is -0.477 e. The van der Waals surface area contributed by atoms with Crippen molar-refractivity contribution in [2.45, 2.75) is 24.8 Å². The Morgan fingerprint density at radius 3 is 2.71 bits per heavy atom. The number of fused-ring (bicyclic) bond motifs is 1. The van der Waals surface area contributed by atoms with Crippen LogP contribution in [0.2, 0.25) is 0 Å². The number of rotatable bonds is 11. The van der Waals surface area contributed by atoms with E-state index in [9.17, 15) is 29.1 Å². The summed E-state index contributed by atoms with van der Waals surface area (Å²) in [5.74, 6) is -3.99. The summed E-state index contributed by atoms with van der Waals surface area (Å²) >= 11 is 2.22. The van der Waals surface area contributed by atoms with Gasteiger partial charge in [0.1, 0.15) is 48.2 Å². The Morgan fingerprint density at radius 1 is 1.37 bits per heavy atom. The average Bonchev–Trinajstić information content (AvgIpc) is 3.23. The third-order valence-electron chi connectivity index (χ3n) is 4.66. The number of oxime groups is 1. The minimum atomic E-state index is -1.40. The number of nitrogens with two attached hydrogens (primary N) is 1. The minimum absolute atomic E-state index is 0.101. The Labute approximate surface area is 206 Å². The monoisotopic (exact) mass is 527 g/mol. The van der Waals surface area contributed by atoms with Gasteiger partial charge in [-0.2, -0.15) is 0 Å². The number of aliphatic hydroxyl groups is 1. The number of aromatic nitrogens is 1. The maximum absolute atomic E-state index is 12.9. The fraction of sp³-hybridized carbons (Fsp3) is 0.421. The molecule has 16 heteroatoms. The molecule has 2 atom stereocenters. The highest BCUT2D eigenvalue weighted by Crippen LogP contribution is 2.40. The molecule has 1 aromatic heterocycles. The van der Waals surface area contributed by atoms with Crippen molar-refractivity contribution >= 4 is 63.5 Å². The van der Waals surface area contributed by atoms with Crippen molar-refractivity contribution in [1.29, 1.82) is 0 Å². The van der Waals surface area contributed by atoms with Gasteiger partial charge in [0.15, 0.2) is 10.8 Å². The van der Waals surface area contributed by atoms with Gasteiger partial charge in [-0.15, -0.1) is 23.1 Å². The zero-order valence-electron chi connectivity index (χ0n) is 18.3. The van der Waals surface area contributed by atoms with Crippen LogP contribution < -0.4 is 11.1 Å². The van der Waals surface area contributed by atoms with Crippen LogP contribution in [0.5, 0.6) is 0 Å². The Bertz CT molecular complexity index is 1120. The van der Waals surface area contributed by atoms with Crippen molar-refractivity contribution in [3.05, 3.63) is 22.3 Å². The van der Waals surface area contributed by atoms with Crippen LogP contribution in [0.4, 0.5) is 5.13 Å². The van der Waals surface area contributed by atoms with Crippen molar-refractivity contribution in [2.75, 3.05) is 31.3 Å². The highest BCUT2D eigenvalue weighted by atomic mass is 32.2. The number of aliphatic carboxylic acids is 1. The first-order valence-electron chi connectivity index (χ1n) is 10.0. The SMILES string of the molecule is CC(=O)CC(=O)OCC1=C(C(=O)O)N2C(=O)[C@@H](NC(=O)/C(=N\OCCO)c3csc(N)n3)[C@H]2SC1. The van der Waals surface area contributed by atoms with E-state index in [4.69, 9.17) is 20.4 Å². The number of hydrogen-bond acceptors (Lipinski definition) is 13. The lowest BCUT2D eigenvalue weighted by Gasteiger charge is -2.49. The number of nitrogen functional groups attached to an aromatic ring is 1. The standard InChI is InChI=1S/C19H21N5O9S2/c1-8(26)4-11(27)32-5-9-6-34-17-13(16(29)24(17)14(9)18(30)31)22-15(28)12(23-33-3-2-25)10-7-35-19(20)21-10/h7,13,17,25H,2-6H2,1H3,(H2,20,21)(H,22,28)(H,30,31)/b23-12-/t13-,17-/m1/s1. The molecule has 5 N–H and O–H groups in total. The number of nitrogens with zero attached hydrogens (tertiary/aromatic N) is 3. The van der Waals surface area contributed by atoms with Crippen LogP contribution in [0.1, 0.15) is 19.0 Å². The molecule has 3 rings (SSSR count). The highest BCUT2D eigenvalue weighted by molar-refractivity contribution is 8.00. The van der Waals surface area contributed by atoms with Crippen LogP contribution in [0, 0.1) is 0 Å². The maximum Gasteiger partial charge on any atom is 0.352 e. The van der Waals surface area contributed by atoms with Crippen molar-refractivity contribution < 1.29 is 43.8 Å². The number of ether oxygens (including phenoxy) is 1. The largest absolute Gasteiger partial charge is 0.477 e. The molecule has 2 aliphatic heterocycles. The highest BCUT2D eigenvalue weighted by Gasteiger charge is 2.54. The van der Waals surface area contributed by atoms with Crippen LogP contribution in [0.3, 0.4) is 0 Å². The molecular weight excluding hydrogens is 506 g/mol. The normalized spacial score (nSPS) is 19.5. The summed E-state index contributed by atoms with van der Waals surface area (Å²) in [6, 6.07) is -1.07. The Balaban J connectivity index is 1.74. The van der Waals surface area contributed by atoms with Gasteiger partial charge >= 0.3 is 11.9 Å². The van der Waals surface area contributed by atoms with E-state index in [1.54, 1.807) is 0 Å². The third kappa shape index (κ3) is 5.95. The number of ketones is 1. The van der Waals surface area contributed by atoms with E-state index in [-0.39, 0.29) is 46.8 Å². The molecule has 0 spiro atoms. The summed E-state index contributed by atoms with van der Waals surface area (Å²) in [6.07, 6.45) is -0.446. The van der Waals surface area contributed by atoms with Crippen LogP contribution in [0.25, 0.3) is 0 Å². The van der Waals surface area contributed by atoms with E-state index in [0.29, 0.717) is 0 Å². The molecule has 2 aliphatic rings. The Kier molecular flexibility index (Phi) is 8.42. The van der Waals surface area contributed by atoms with Gasteiger partial charge in [0.2, 0.25) is 0 Å². The number of thioether (sulfide) groups is 1. The maximum atomic E-state index is 12.9. The number of carboxylic acids is 1. The number of Topliss-reactive ketones (excluding diaryl/α,β-unsaturated/α-hetero) is 1. The second kappa shape index (κ2) is 11.3. The fourth-order valence-electron chi connectivity index (χ4n) is 3.18. The molecule has 0 aromatic carbocycles. The lowest BCUT2D eigenvalue weighted by molar-refractivity contribution is -0.150. The molecular formula is C19H21N5O9S2. The van der Waals surface area contributed by atoms with Gasteiger partial charge in [0, 0.05) is 16.7 Å². The number of amides is 2. The molecule has 0 aliphatic carbocycles. The first-order chi connectivity index (χ1) is 16.6. The number of hydrogen-bond donors (Lipinski definition) is 4.